The first-order chi connectivity index (χ1) is 7.35. The summed E-state index contributed by atoms with van der Waals surface area (Å²) in [5, 5.41) is 9.28. The Morgan fingerprint density at radius 2 is 2.27 bits per heavy atom. The van der Waals surface area contributed by atoms with Gasteiger partial charge in [0.2, 0.25) is 0 Å². The number of carbonyl (C=O) groups excluding carboxylic acids is 1. The van der Waals surface area contributed by atoms with Crippen molar-refractivity contribution in [1.29, 1.82) is 5.26 Å². The van der Waals surface area contributed by atoms with Crippen molar-refractivity contribution in [3.8, 4) is 6.07 Å². The average Bonchev–Trinajstić information content (AvgIpc) is 2.68. The monoisotopic (exact) mass is 196 g/mol. The van der Waals surface area contributed by atoms with Crippen LogP contribution >= 0.6 is 0 Å². The standard InChI is InChI=1S/C12H8N2O/c13-5-1-2-9-3-4-12-11(6-9)10(8-15)7-14-12/h1-4,6-8,14H. The number of H-pyrrole nitrogens is 1. The lowest BCUT2D eigenvalue weighted by Crippen LogP contribution is -1.76. The molecule has 72 valence electrons. The molecule has 0 unspecified atom stereocenters. The van der Waals surface area contributed by atoms with Crippen LogP contribution in [0.5, 0.6) is 0 Å². The quantitative estimate of drug-likeness (QED) is 0.592. The zero-order chi connectivity index (χ0) is 10.7. The van der Waals surface area contributed by atoms with Crippen LogP contribution in [0.3, 0.4) is 0 Å². The van der Waals surface area contributed by atoms with Gasteiger partial charge in [-0.05, 0) is 23.8 Å². The molecule has 2 rings (SSSR count). The van der Waals surface area contributed by atoms with Crippen LogP contribution in [0.4, 0.5) is 0 Å². The number of allylic oxidation sites excluding steroid dienone is 1. The molecule has 0 aliphatic heterocycles. The van der Waals surface area contributed by atoms with E-state index in [1.807, 2.05) is 24.3 Å². The topological polar surface area (TPSA) is 56.6 Å². The molecule has 0 saturated carbocycles. The molecule has 2 aromatic rings. The van der Waals surface area contributed by atoms with Crippen molar-refractivity contribution in [3.05, 3.63) is 41.6 Å². The van der Waals surface area contributed by atoms with E-state index >= 15 is 0 Å². The number of rotatable bonds is 2. The number of hydrogen-bond acceptors (Lipinski definition) is 2. The highest BCUT2D eigenvalue weighted by Gasteiger charge is 2.01. The molecule has 0 spiro atoms. The number of aldehydes is 1. The van der Waals surface area contributed by atoms with Crippen molar-refractivity contribution in [2.24, 2.45) is 0 Å². The van der Waals surface area contributed by atoms with Crippen molar-refractivity contribution >= 4 is 23.3 Å². The number of aromatic nitrogens is 1. The van der Waals surface area contributed by atoms with Crippen molar-refractivity contribution in [3.63, 3.8) is 0 Å². The van der Waals surface area contributed by atoms with Crippen LogP contribution in [-0.2, 0) is 0 Å². The largest absolute Gasteiger partial charge is 0.360 e. The Hall–Kier alpha value is -2.34. The predicted octanol–water partition coefficient (Wildman–Crippen LogP) is 2.52. The first-order valence-electron chi connectivity index (χ1n) is 4.47. The summed E-state index contributed by atoms with van der Waals surface area (Å²) in [5.41, 5.74) is 2.47. The summed E-state index contributed by atoms with van der Waals surface area (Å²) in [7, 11) is 0. The molecule has 1 aromatic carbocycles. The van der Waals surface area contributed by atoms with Gasteiger partial charge in [-0.15, -0.1) is 0 Å². The van der Waals surface area contributed by atoms with Crippen molar-refractivity contribution in [2.45, 2.75) is 0 Å². The van der Waals surface area contributed by atoms with E-state index in [1.165, 1.54) is 6.08 Å². The van der Waals surface area contributed by atoms with Gasteiger partial charge in [-0.3, -0.25) is 4.79 Å². The maximum Gasteiger partial charge on any atom is 0.152 e. The molecule has 1 heterocycles. The zero-order valence-electron chi connectivity index (χ0n) is 7.90. The van der Waals surface area contributed by atoms with Crippen LogP contribution in [-0.4, -0.2) is 11.3 Å². The summed E-state index contributed by atoms with van der Waals surface area (Å²) < 4.78 is 0. The summed E-state index contributed by atoms with van der Waals surface area (Å²) >= 11 is 0. The molecule has 0 fully saturated rings. The van der Waals surface area contributed by atoms with E-state index in [9.17, 15) is 4.79 Å². The predicted molar refractivity (Wildman–Crippen MR) is 58.3 cm³/mol. The molecule has 3 heteroatoms. The molecule has 0 atom stereocenters. The van der Waals surface area contributed by atoms with Crippen LogP contribution in [0, 0.1) is 11.3 Å². The summed E-state index contributed by atoms with van der Waals surface area (Å²) in [5.74, 6) is 0. The van der Waals surface area contributed by atoms with Crippen molar-refractivity contribution in [2.75, 3.05) is 0 Å². The SMILES string of the molecule is N#CC=Cc1ccc2[nH]cc(C=O)c2c1. The second-order valence-electron chi connectivity index (χ2n) is 3.13. The smallest absolute Gasteiger partial charge is 0.152 e. The van der Waals surface area contributed by atoms with E-state index < -0.39 is 0 Å². The maximum absolute atomic E-state index is 10.7. The van der Waals surface area contributed by atoms with E-state index in [0.29, 0.717) is 5.56 Å². The number of nitriles is 1. The highest BCUT2D eigenvalue weighted by molar-refractivity contribution is 5.98. The van der Waals surface area contributed by atoms with Gasteiger partial charge in [0.1, 0.15) is 0 Å². The fourth-order valence-electron chi connectivity index (χ4n) is 1.49. The van der Waals surface area contributed by atoms with Crippen molar-refractivity contribution in [1.82, 2.24) is 4.98 Å². The molecule has 0 bridgehead atoms. The third-order valence-corrected chi connectivity index (χ3v) is 2.22. The summed E-state index contributed by atoms with van der Waals surface area (Å²) in [6, 6.07) is 7.59. The number of aromatic amines is 1. The van der Waals surface area contributed by atoms with Gasteiger partial charge in [0.15, 0.2) is 6.29 Å². The van der Waals surface area contributed by atoms with Crippen LogP contribution in [0.2, 0.25) is 0 Å². The molecule has 15 heavy (non-hydrogen) atoms. The molecular weight excluding hydrogens is 188 g/mol. The second kappa shape index (κ2) is 3.81. The second-order valence-corrected chi connectivity index (χ2v) is 3.13. The Bertz CT molecular complexity index is 573. The zero-order valence-corrected chi connectivity index (χ0v) is 7.90. The van der Waals surface area contributed by atoms with Gasteiger partial charge in [-0.2, -0.15) is 5.26 Å². The van der Waals surface area contributed by atoms with Crippen LogP contribution in [0.15, 0.2) is 30.5 Å². The molecule has 3 nitrogen and oxygen atoms in total. The molecular formula is C12H8N2O. The number of benzene rings is 1. The molecule has 1 N–H and O–H groups in total. The third-order valence-electron chi connectivity index (χ3n) is 2.22. The molecule has 0 saturated heterocycles. The number of fused-ring (bicyclic) bond motifs is 1. The first-order valence-corrected chi connectivity index (χ1v) is 4.47. The van der Waals surface area contributed by atoms with Gasteiger partial charge in [0.05, 0.1) is 6.07 Å². The first kappa shape index (κ1) is 9.22. The number of carbonyl (C=O) groups is 1. The van der Waals surface area contributed by atoms with Crippen LogP contribution < -0.4 is 0 Å². The van der Waals surface area contributed by atoms with Gasteiger partial charge in [0.25, 0.3) is 0 Å². The van der Waals surface area contributed by atoms with Crippen LogP contribution in [0.25, 0.3) is 17.0 Å². The Morgan fingerprint density at radius 3 is 3.00 bits per heavy atom. The minimum Gasteiger partial charge on any atom is -0.360 e. The Kier molecular flexibility index (Phi) is 2.34. The minimum atomic E-state index is 0.636. The number of hydrogen-bond donors (Lipinski definition) is 1. The molecule has 1 aromatic heterocycles. The van der Waals surface area contributed by atoms with Gasteiger partial charge in [0, 0.05) is 28.7 Å². The van der Waals surface area contributed by atoms with Crippen LogP contribution in [0.1, 0.15) is 15.9 Å². The minimum absolute atomic E-state index is 0.636. The lowest BCUT2D eigenvalue weighted by atomic mass is 10.1. The normalized spacial score (nSPS) is 10.6. The van der Waals surface area contributed by atoms with E-state index in [4.69, 9.17) is 5.26 Å². The molecule has 0 radical (unpaired) electrons. The van der Waals surface area contributed by atoms with E-state index in [-0.39, 0.29) is 0 Å². The average molecular weight is 196 g/mol. The molecule has 0 amide bonds. The lowest BCUT2D eigenvalue weighted by Gasteiger charge is -1.94. The van der Waals surface area contributed by atoms with E-state index in [2.05, 4.69) is 4.98 Å². The Balaban J connectivity index is 2.58. The third kappa shape index (κ3) is 1.65. The Morgan fingerprint density at radius 1 is 1.40 bits per heavy atom. The highest BCUT2D eigenvalue weighted by atomic mass is 16.1. The lowest BCUT2D eigenvalue weighted by molar-refractivity contribution is 0.112. The summed E-state index contributed by atoms with van der Waals surface area (Å²) in [6.07, 6.45) is 5.61. The van der Waals surface area contributed by atoms with Gasteiger partial charge in [-0.1, -0.05) is 6.07 Å². The van der Waals surface area contributed by atoms with Gasteiger partial charge >= 0.3 is 0 Å². The summed E-state index contributed by atoms with van der Waals surface area (Å²) in [6.45, 7) is 0. The molecule has 0 aliphatic rings. The van der Waals surface area contributed by atoms with Gasteiger partial charge < -0.3 is 4.98 Å². The Labute approximate surface area is 86.6 Å². The highest BCUT2D eigenvalue weighted by Crippen LogP contribution is 2.19. The van der Waals surface area contributed by atoms with Crippen molar-refractivity contribution < 1.29 is 4.79 Å². The van der Waals surface area contributed by atoms with E-state index in [0.717, 1.165) is 22.8 Å². The number of nitrogens with one attached hydrogen (secondary N) is 1. The van der Waals surface area contributed by atoms with E-state index in [1.54, 1.807) is 12.3 Å². The summed E-state index contributed by atoms with van der Waals surface area (Å²) in [4.78, 5) is 13.7. The fourth-order valence-corrected chi connectivity index (χ4v) is 1.49. The fraction of sp³-hybridized carbons (Fsp3) is 0. The number of nitrogens with zero attached hydrogens (tertiary/aromatic N) is 1. The molecule has 0 aliphatic carbocycles. The van der Waals surface area contributed by atoms with Gasteiger partial charge in [-0.25, -0.2) is 0 Å². The maximum atomic E-state index is 10.7.